The maximum absolute atomic E-state index is 12.7. The molecular formula is C22H21NO5. The van der Waals surface area contributed by atoms with E-state index in [1.54, 1.807) is 24.3 Å². The van der Waals surface area contributed by atoms with Crippen molar-refractivity contribution in [2.24, 2.45) is 5.92 Å². The van der Waals surface area contributed by atoms with Gasteiger partial charge < -0.3 is 14.6 Å². The second-order valence-corrected chi connectivity index (χ2v) is 6.82. The number of benzene rings is 2. The molecule has 144 valence electrons. The lowest BCUT2D eigenvalue weighted by molar-refractivity contribution is -0.142. The smallest absolute Gasteiger partial charge is 0.253 e. The second kappa shape index (κ2) is 7.86. The van der Waals surface area contributed by atoms with Crippen LogP contribution in [0.25, 0.3) is 6.08 Å². The number of ether oxygens (including phenoxy) is 2. The molecule has 0 radical (unpaired) electrons. The first-order valence-corrected chi connectivity index (χ1v) is 9.29. The van der Waals surface area contributed by atoms with Gasteiger partial charge in [-0.1, -0.05) is 36.4 Å². The molecule has 2 aromatic rings. The first-order chi connectivity index (χ1) is 13.6. The van der Waals surface area contributed by atoms with E-state index in [0.29, 0.717) is 43.2 Å². The molecule has 0 aromatic heterocycles. The van der Waals surface area contributed by atoms with Crippen molar-refractivity contribution in [3.8, 4) is 11.5 Å². The van der Waals surface area contributed by atoms with Crippen molar-refractivity contribution in [2.75, 3.05) is 19.8 Å². The van der Waals surface area contributed by atoms with Gasteiger partial charge in [0.1, 0.15) is 13.2 Å². The van der Waals surface area contributed by atoms with E-state index in [1.165, 1.54) is 11.0 Å². The van der Waals surface area contributed by atoms with Gasteiger partial charge in [-0.2, -0.15) is 0 Å². The van der Waals surface area contributed by atoms with Gasteiger partial charge in [-0.25, -0.2) is 0 Å². The maximum atomic E-state index is 12.7. The summed E-state index contributed by atoms with van der Waals surface area (Å²) in [5, 5.41) is 10.7. The third kappa shape index (κ3) is 3.64. The summed E-state index contributed by atoms with van der Waals surface area (Å²) < 4.78 is 11.0. The Balaban J connectivity index is 1.45. The molecule has 4 rings (SSSR count). The standard InChI is InChI=1S/C22H21NO5/c24-20(9-6-15-4-2-1-3-5-15)23-11-10-17(22(23)26)21(25)16-7-8-18-19(14-16)28-13-12-27-18/h1-9,14,17,21,25H,10-13H2/b9-6+. The van der Waals surface area contributed by atoms with Crippen molar-refractivity contribution in [1.29, 1.82) is 0 Å². The first-order valence-electron chi connectivity index (χ1n) is 9.29. The summed E-state index contributed by atoms with van der Waals surface area (Å²) in [5.41, 5.74) is 1.46. The van der Waals surface area contributed by atoms with E-state index in [-0.39, 0.29) is 11.8 Å². The highest BCUT2D eigenvalue weighted by atomic mass is 16.6. The van der Waals surface area contributed by atoms with E-state index in [0.717, 1.165) is 5.56 Å². The van der Waals surface area contributed by atoms with Crippen LogP contribution < -0.4 is 9.47 Å². The lowest BCUT2D eigenvalue weighted by atomic mass is 9.94. The van der Waals surface area contributed by atoms with E-state index < -0.39 is 12.0 Å². The summed E-state index contributed by atoms with van der Waals surface area (Å²) in [7, 11) is 0. The molecule has 0 saturated carbocycles. The van der Waals surface area contributed by atoms with Crippen LogP contribution >= 0.6 is 0 Å². The highest BCUT2D eigenvalue weighted by Crippen LogP contribution is 2.37. The second-order valence-electron chi connectivity index (χ2n) is 6.82. The molecule has 28 heavy (non-hydrogen) atoms. The summed E-state index contributed by atoms with van der Waals surface area (Å²) in [6.07, 6.45) is 2.49. The summed E-state index contributed by atoms with van der Waals surface area (Å²) in [6, 6.07) is 14.6. The maximum Gasteiger partial charge on any atom is 0.253 e. The number of amides is 2. The van der Waals surface area contributed by atoms with Gasteiger partial charge in [-0.15, -0.1) is 0 Å². The predicted octanol–water partition coefficient (Wildman–Crippen LogP) is 2.58. The Morgan fingerprint density at radius 2 is 1.86 bits per heavy atom. The first kappa shape index (κ1) is 18.3. The molecular weight excluding hydrogens is 358 g/mol. The fourth-order valence-corrected chi connectivity index (χ4v) is 3.51. The molecule has 0 spiro atoms. The number of likely N-dealkylation sites (tertiary alicyclic amines) is 1. The molecule has 1 N–H and O–H groups in total. The van der Waals surface area contributed by atoms with Crippen LogP contribution in [0.15, 0.2) is 54.6 Å². The summed E-state index contributed by atoms with van der Waals surface area (Å²) in [6.45, 7) is 1.23. The Morgan fingerprint density at radius 1 is 1.11 bits per heavy atom. The lowest BCUT2D eigenvalue weighted by Crippen LogP contribution is -2.33. The van der Waals surface area contributed by atoms with Crippen molar-refractivity contribution in [3.63, 3.8) is 0 Å². The zero-order valence-corrected chi connectivity index (χ0v) is 15.3. The van der Waals surface area contributed by atoms with Crippen LogP contribution in [0.1, 0.15) is 23.7 Å². The van der Waals surface area contributed by atoms with Gasteiger partial charge in [0.15, 0.2) is 11.5 Å². The molecule has 2 heterocycles. The van der Waals surface area contributed by atoms with Crippen LogP contribution in [0.2, 0.25) is 0 Å². The summed E-state index contributed by atoms with van der Waals surface area (Å²) >= 11 is 0. The fraction of sp³-hybridized carbons (Fsp3) is 0.273. The Labute approximate surface area is 163 Å². The number of aliphatic hydroxyl groups is 1. The molecule has 1 saturated heterocycles. The topological polar surface area (TPSA) is 76.1 Å². The largest absolute Gasteiger partial charge is 0.486 e. The van der Waals surface area contributed by atoms with Crippen molar-refractivity contribution in [2.45, 2.75) is 12.5 Å². The Kier molecular flexibility index (Phi) is 5.12. The fourth-order valence-electron chi connectivity index (χ4n) is 3.51. The average molecular weight is 379 g/mol. The van der Waals surface area contributed by atoms with Crippen LogP contribution in [0.3, 0.4) is 0 Å². The number of imide groups is 1. The Morgan fingerprint density at radius 3 is 2.64 bits per heavy atom. The SMILES string of the molecule is O=C(/C=C/c1ccccc1)N1CCC(C(O)c2ccc3c(c2)OCCO3)C1=O. The number of carbonyl (C=O) groups is 2. The number of nitrogens with zero attached hydrogens (tertiary/aromatic N) is 1. The quantitative estimate of drug-likeness (QED) is 0.827. The minimum Gasteiger partial charge on any atom is -0.486 e. The van der Waals surface area contributed by atoms with Gasteiger partial charge >= 0.3 is 0 Å². The normalized spacial score (nSPS) is 19.8. The molecule has 6 nitrogen and oxygen atoms in total. The molecule has 0 bridgehead atoms. The number of rotatable bonds is 4. The molecule has 2 aliphatic heterocycles. The van der Waals surface area contributed by atoms with Gasteiger partial charge in [0.25, 0.3) is 5.91 Å². The van der Waals surface area contributed by atoms with Crippen LogP contribution in [-0.4, -0.2) is 41.6 Å². The highest BCUT2D eigenvalue weighted by Gasteiger charge is 2.39. The number of fused-ring (bicyclic) bond motifs is 1. The molecule has 6 heteroatoms. The van der Waals surface area contributed by atoms with Crippen molar-refractivity contribution in [3.05, 3.63) is 65.7 Å². The molecule has 2 amide bonds. The van der Waals surface area contributed by atoms with Crippen LogP contribution in [0, 0.1) is 5.92 Å². The molecule has 2 unspecified atom stereocenters. The van der Waals surface area contributed by atoms with Gasteiger partial charge in [0.05, 0.1) is 12.0 Å². The van der Waals surface area contributed by atoms with Crippen LogP contribution in [-0.2, 0) is 9.59 Å². The van der Waals surface area contributed by atoms with Gasteiger partial charge in [-0.3, -0.25) is 14.5 Å². The molecule has 1 fully saturated rings. The number of hydrogen-bond donors (Lipinski definition) is 1. The molecule has 2 aliphatic rings. The third-order valence-corrected chi connectivity index (χ3v) is 5.02. The van der Waals surface area contributed by atoms with E-state index in [9.17, 15) is 14.7 Å². The van der Waals surface area contributed by atoms with E-state index in [4.69, 9.17) is 9.47 Å². The molecule has 2 aromatic carbocycles. The Bertz CT molecular complexity index is 908. The van der Waals surface area contributed by atoms with E-state index >= 15 is 0 Å². The van der Waals surface area contributed by atoms with E-state index in [1.807, 2.05) is 30.3 Å². The van der Waals surface area contributed by atoms with Crippen LogP contribution in [0.5, 0.6) is 11.5 Å². The van der Waals surface area contributed by atoms with Gasteiger partial charge in [0.2, 0.25) is 5.91 Å². The summed E-state index contributed by atoms with van der Waals surface area (Å²) in [5.74, 6) is -0.192. The number of hydrogen-bond acceptors (Lipinski definition) is 5. The highest BCUT2D eigenvalue weighted by molar-refractivity contribution is 6.04. The van der Waals surface area contributed by atoms with Crippen molar-refractivity contribution >= 4 is 17.9 Å². The van der Waals surface area contributed by atoms with E-state index in [2.05, 4.69) is 0 Å². The Hall–Kier alpha value is -3.12. The lowest BCUT2D eigenvalue weighted by Gasteiger charge is -2.22. The van der Waals surface area contributed by atoms with Crippen LogP contribution in [0.4, 0.5) is 0 Å². The van der Waals surface area contributed by atoms with Crippen molar-refractivity contribution in [1.82, 2.24) is 4.90 Å². The molecule has 2 atom stereocenters. The molecule has 0 aliphatic carbocycles. The van der Waals surface area contributed by atoms with Gasteiger partial charge in [0, 0.05) is 12.6 Å². The average Bonchev–Trinajstić information content (AvgIpc) is 3.13. The number of carbonyl (C=O) groups excluding carboxylic acids is 2. The minimum atomic E-state index is -1.00. The number of aliphatic hydroxyl groups excluding tert-OH is 1. The van der Waals surface area contributed by atoms with Crippen molar-refractivity contribution < 1.29 is 24.2 Å². The minimum absolute atomic E-state index is 0.295. The monoisotopic (exact) mass is 379 g/mol. The summed E-state index contributed by atoms with van der Waals surface area (Å²) in [4.78, 5) is 26.3. The predicted molar refractivity (Wildman–Crippen MR) is 103 cm³/mol. The zero-order valence-electron chi connectivity index (χ0n) is 15.3. The van der Waals surface area contributed by atoms with Gasteiger partial charge in [-0.05, 0) is 35.8 Å². The zero-order chi connectivity index (χ0) is 19.5. The third-order valence-electron chi connectivity index (χ3n) is 5.02.